The Morgan fingerprint density at radius 1 is 1.19 bits per heavy atom. The highest BCUT2D eigenvalue weighted by atomic mass is 32.2. The Hall–Kier alpha value is -1.97. The van der Waals surface area contributed by atoms with Gasteiger partial charge in [-0.05, 0) is 38.8 Å². The number of urea groups is 1. The van der Waals surface area contributed by atoms with E-state index in [1.165, 1.54) is 0 Å². The average molecular weight is 382 g/mol. The second kappa shape index (κ2) is 9.11. The number of amides is 3. The minimum atomic E-state index is -3.54. The van der Waals surface area contributed by atoms with Gasteiger partial charge in [0.05, 0.1) is 10.9 Å². The number of carbonyl (C=O) groups is 2. The Morgan fingerprint density at radius 3 is 2.38 bits per heavy atom. The molecule has 1 aliphatic heterocycles. The largest absolute Gasteiger partial charge is 0.338 e. The third-order valence-electron chi connectivity index (χ3n) is 4.41. The van der Waals surface area contributed by atoms with Gasteiger partial charge in [0, 0.05) is 25.7 Å². The molecule has 8 nitrogen and oxygen atoms in total. The van der Waals surface area contributed by atoms with E-state index in [1.807, 2.05) is 4.90 Å². The second-order valence-electron chi connectivity index (χ2n) is 6.27. The van der Waals surface area contributed by atoms with E-state index >= 15 is 0 Å². The van der Waals surface area contributed by atoms with Crippen LogP contribution in [0, 0.1) is 0 Å². The predicted octanol–water partition coefficient (Wildman–Crippen LogP) is 0.664. The molecule has 0 bridgehead atoms. The van der Waals surface area contributed by atoms with Crippen LogP contribution >= 0.6 is 0 Å². The van der Waals surface area contributed by atoms with E-state index in [2.05, 4.69) is 15.4 Å². The molecular weight excluding hydrogens is 356 g/mol. The van der Waals surface area contributed by atoms with Crippen molar-refractivity contribution in [3.8, 4) is 0 Å². The van der Waals surface area contributed by atoms with Crippen molar-refractivity contribution in [1.82, 2.24) is 20.3 Å². The maximum atomic E-state index is 12.4. The summed E-state index contributed by atoms with van der Waals surface area (Å²) >= 11 is 0. The first-order valence-electron chi connectivity index (χ1n) is 8.73. The summed E-state index contributed by atoms with van der Waals surface area (Å²) in [5, 5.41) is 4.82. The zero-order chi connectivity index (χ0) is 19.2. The smallest absolute Gasteiger partial charge is 0.321 e. The Labute approximate surface area is 154 Å². The lowest BCUT2D eigenvalue weighted by molar-refractivity contribution is -0.125. The van der Waals surface area contributed by atoms with Gasteiger partial charge in [0.2, 0.25) is 15.9 Å². The highest BCUT2D eigenvalue weighted by molar-refractivity contribution is 7.89. The summed E-state index contributed by atoms with van der Waals surface area (Å²) in [7, 11) is -3.54. The normalized spacial score (nSPS) is 17.5. The van der Waals surface area contributed by atoms with Gasteiger partial charge in [0.25, 0.3) is 0 Å². The number of carbonyl (C=O) groups excluding carboxylic acids is 2. The van der Waals surface area contributed by atoms with Crippen molar-refractivity contribution in [3.63, 3.8) is 0 Å². The Morgan fingerprint density at radius 2 is 1.81 bits per heavy atom. The zero-order valence-corrected chi connectivity index (χ0v) is 15.9. The highest BCUT2D eigenvalue weighted by Crippen LogP contribution is 2.16. The molecule has 0 spiro atoms. The zero-order valence-electron chi connectivity index (χ0n) is 15.1. The fourth-order valence-corrected chi connectivity index (χ4v) is 4.20. The van der Waals surface area contributed by atoms with Gasteiger partial charge in [-0.15, -0.1) is 0 Å². The Kier molecular flexibility index (Phi) is 7.13. The molecule has 3 amide bonds. The van der Waals surface area contributed by atoms with Gasteiger partial charge in [-0.1, -0.05) is 18.2 Å². The molecule has 0 aromatic heterocycles. The van der Waals surface area contributed by atoms with Crippen molar-refractivity contribution in [3.05, 3.63) is 30.3 Å². The first-order chi connectivity index (χ1) is 12.3. The molecule has 1 saturated heterocycles. The molecule has 0 radical (unpaired) electrons. The quantitative estimate of drug-likeness (QED) is 0.670. The Bertz CT molecular complexity index is 716. The van der Waals surface area contributed by atoms with Gasteiger partial charge in [0.1, 0.15) is 0 Å². The van der Waals surface area contributed by atoms with Crippen LogP contribution in [0.2, 0.25) is 0 Å². The summed E-state index contributed by atoms with van der Waals surface area (Å²) in [4.78, 5) is 25.7. The van der Waals surface area contributed by atoms with Gasteiger partial charge in [0.15, 0.2) is 0 Å². The number of imide groups is 1. The molecule has 1 aromatic carbocycles. The molecule has 1 aliphatic rings. The van der Waals surface area contributed by atoms with Gasteiger partial charge in [-0.2, -0.15) is 0 Å². The predicted molar refractivity (Wildman–Crippen MR) is 98.0 cm³/mol. The molecule has 0 aliphatic carbocycles. The van der Waals surface area contributed by atoms with E-state index < -0.39 is 22.1 Å². The molecule has 26 heavy (non-hydrogen) atoms. The number of nitrogens with one attached hydrogen (secondary N) is 3. The minimum absolute atomic E-state index is 0.171. The van der Waals surface area contributed by atoms with Crippen molar-refractivity contribution in [2.75, 3.05) is 19.6 Å². The lowest BCUT2D eigenvalue weighted by Crippen LogP contribution is -2.53. The van der Waals surface area contributed by atoms with Crippen LogP contribution in [0.4, 0.5) is 4.79 Å². The van der Waals surface area contributed by atoms with Crippen LogP contribution in [0.3, 0.4) is 0 Å². The van der Waals surface area contributed by atoms with E-state index in [-0.39, 0.29) is 16.8 Å². The fraction of sp³-hybridized carbons (Fsp3) is 0.529. The topological polar surface area (TPSA) is 108 Å². The number of piperidine rings is 1. The summed E-state index contributed by atoms with van der Waals surface area (Å²) in [5.74, 6) is -0.362. The molecule has 1 fully saturated rings. The van der Waals surface area contributed by atoms with E-state index in [4.69, 9.17) is 0 Å². The van der Waals surface area contributed by atoms with Crippen molar-refractivity contribution in [2.24, 2.45) is 0 Å². The number of likely N-dealkylation sites (tertiary alicyclic amines) is 1. The van der Waals surface area contributed by atoms with Crippen LogP contribution in [-0.4, -0.2) is 57.0 Å². The first kappa shape index (κ1) is 20.3. The second-order valence-corrected chi connectivity index (χ2v) is 7.98. The molecule has 1 heterocycles. The highest BCUT2D eigenvalue weighted by Gasteiger charge is 2.29. The van der Waals surface area contributed by atoms with Gasteiger partial charge >= 0.3 is 6.03 Å². The van der Waals surface area contributed by atoms with Crippen molar-refractivity contribution in [2.45, 2.75) is 43.7 Å². The molecule has 0 saturated carbocycles. The standard InChI is InChI=1S/C17H26N4O4S/c1-3-18-17(23)19-16(22)13(2)21-11-9-14(10-12-21)20-26(24,25)15-7-5-4-6-8-15/h4-8,13-14,20H,3,9-12H2,1-2H3,(H2,18,19,22,23)/t13-/m1/s1. The molecule has 9 heteroatoms. The maximum Gasteiger partial charge on any atom is 0.321 e. The number of benzene rings is 1. The third-order valence-corrected chi connectivity index (χ3v) is 5.94. The lowest BCUT2D eigenvalue weighted by Gasteiger charge is -2.35. The van der Waals surface area contributed by atoms with Crippen LogP contribution in [0.25, 0.3) is 0 Å². The number of hydrogen-bond acceptors (Lipinski definition) is 5. The van der Waals surface area contributed by atoms with Gasteiger partial charge < -0.3 is 5.32 Å². The van der Waals surface area contributed by atoms with Crippen LogP contribution in [0.1, 0.15) is 26.7 Å². The summed E-state index contributed by atoms with van der Waals surface area (Å²) in [6.07, 6.45) is 1.20. The van der Waals surface area contributed by atoms with E-state index in [9.17, 15) is 18.0 Å². The maximum absolute atomic E-state index is 12.4. The van der Waals surface area contributed by atoms with Crippen LogP contribution in [0.5, 0.6) is 0 Å². The SMILES string of the molecule is CCNC(=O)NC(=O)[C@@H](C)N1CCC(NS(=O)(=O)c2ccccc2)CC1. The lowest BCUT2D eigenvalue weighted by atomic mass is 10.0. The first-order valence-corrected chi connectivity index (χ1v) is 10.2. The number of hydrogen-bond donors (Lipinski definition) is 3. The minimum Gasteiger partial charge on any atom is -0.338 e. The monoisotopic (exact) mass is 382 g/mol. The summed E-state index contributed by atoms with van der Waals surface area (Å²) in [5.41, 5.74) is 0. The number of sulfonamides is 1. The molecule has 3 N–H and O–H groups in total. The molecule has 0 unspecified atom stereocenters. The van der Waals surface area contributed by atoms with Crippen LogP contribution < -0.4 is 15.4 Å². The van der Waals surface area contributed by atoms with Crippen LogP contribution in [-0.2, 0) is 14.8 Å². The summed E-state index contributed by atoms with van der Waals surface area (Å²) < 4.78 is 27.5. The van der Waals surface area contributed by atoms with Crippen molar-refractivity contribution < 1.29 is 18.0 Å². The fourth-order valence-electron chi connectivity index (χ4n) is 2.88. The molecule has 1 aromatic rings. The Balaban J connectivity index is 1.85. The van der Waals surface area contributed by atoms with Crippen molar-refractivity contribution in [1.29, 1.82) is 0 Å². The molecule has 1 atom stereocenters. The van der Waals surface area contributed by atoms with Crippen molar-refractivity contribution >= 4 is 22.0 Å². The summed E-state index contributed by atoms with van der Waals surface area (Å²) in [6.45, 7) is 5.11. The van der Waals surface area contributed by atoms with Gasteiger partial charge in [-0.3, -0.25) is 15.0 Å². The molecular formula is C17H26N4O4S. The van der Waals surface area contributed by atoms with Gasteiger partial charge in [-0.25, -0.2) is 17.9 Å². The number of nitrogens with zero attached hydrogens (tertiary/aromatic N) is 1. The number of rotatable bonds is 6. The average Bonchev–Trinajstić information content (AvgIpc) is 2.62. The molecule has 2 rings (SSSR count). The van der Waals surface area contributed by atoms with Crippen LogP contribution in [0.15, 0.2) is 35.2 Å². The molecule has 144 valence electrons. The van der Waals surface area contributed by atoms with E-state index in [0.29, 0.717) is 32.5 Å². The van der Waals surface area contributed by atoms with E-state index in [0.717, 1.165) is 0 Å². The summed E-state index contributed by atoms with van der Waals surface area (Å²) in [6, 6.07) is 7.13. The third kappa shape index (κ3) is 5.52. The van der Waals surface area contributed by atoms with E-state index in [1.54, 1.807) is 44.2 Å².